The lowest BCUT2D eigenvalue weighted by Crippen LogP contribution is -2.15. The number of carbonyl (C=O) groups excluding carboxylic acids is 1. The zero-order chi connectivity index (χ0) is 19.6. The maximum Gasteiger partial charge on any atom is 0.271 e. The third-order valence-electron chi connectivity index (χ3n) is 4.26. The molecule has 3 aromatic rings. The topological polar surface area (TPSA) is 125 Å². The summed E-state index contributed by atoms with van der Waals surface area (Å²) >= 11 is 0. The number of ether oxygens (including phenoxy) is 1. The van der Waals surface area contributed by atoms with Crippen molar-refractivity contribution in [1.29, 1.82) is 0 Å². The highest BCUT2D eigenvalue weighted by Crippen LogP contribution is 2.29. The Balaban J connectivity index is 1.76. The monoisotopic (exact) mass is 370 g/mol. The second kappa shape index (κ2) is 7.36. The molecule has 27 heavy (non-hydrogen) atoms. The Hall–Kier alpha value is -3.56. The minimum atomic E-state index is -0.527. The summed E-state index contributed by atoms with van der Waals surface area (Å²) in [5.41, 5.74) is 2.70. The summed E-state index contributed by atoms with van der Waals surface area (Å²) in [7, 11) is 1.43. The Bertz CT molecular complexity index is 1030. The molecule has 0 aliphatic heterocycles. The zero-order valence-corrected chi connectivity index (χ0v) is 15.1. The van der Waals surface area contributed by atoms with Crippen molar-refractivity contribution in [3.05, 3.63) is 51.6 Å². The van der Waals surface area contributed by atoms with Gasteiger partial charge in [-0.15, -0.1) is 0 Å². The highest BCUT2D eigenvalue weighted by molar-refractivity contribution is 5.92. The number of rotatable bonds is 6. The van der Waals surface area contributed by atoms with Crippen LogP contribution in [0.5, 0.6) is 5.75 Å². The van der Waals surface area contributed by atoms with Crippen LogP contribution in [0.4, 0.5) is 11.4 Å². The van der Waals surface area contributed by atoms with Gasteiger partial charge >= 0.3 is 0 Å². The van der Waals surface area contributed by atoms with Gasteiger partial charge in [0.15, 0.2) is 0 Å². The average Bonchev–Trinajstić information content (AvgIpc) is 3.09. The van der Waals surface area contributed by atoms with Gasteiger partial charge in [0, 0.05) is 29.9 Å². The van der Waals surface area contributed by atoms with Gasteiger partial charge in [-0.2, -0.15) is 10.1 Å². The van der Waals surface area contributed by atoms with Crippen LogP contribution in [0.3, 0.4) is 0 Å². The number of nitro benzene ring substituents is 1. The van der Waals surface area contributed by atoms with Crippen LogP contribution in [0.1, 0.15) is 23.4 Å². The molecule has 0 fully saturated rings. The number of fused-ring (bicyclic) bond motifs is 1. The first-order chi connectivity index (χ1) is 12.9. The molecule has 10 heteroatoms. The molecule has 0 aliphatic carbocycles. The first-order valence-electron chi connectivity index (χ1n) is 8.18. The summed E-state index contributed by atoms with van der Waals surface area (Å²) < 4.78 is 6.78. The Morgan fingerprint density at radius 3 is 2.85 bits per heavy atom. The van der Waals surface area contributed by atoms with E-state index in [9.17, 15) is 14.9 Å². The van der Waals surface area contributed by atoms with Gasteiger partial charge in [0.1, 0.15) is 12.1 Å². The van der Waals surface area contributed by atoms with E-state index in [1.165, 1.54) is 31.6 Å². The molecule has 1 amide bonds. The number of nitrogens with one attached hydrogen (secondary N) is 1. The van der Waals surface area contributed by atoms with Gasteiger partial charge in [-0.25, -0.2) is 9.50 Å². The molecule has 0 spiro atoms. The summed E-state index contributed by atoms with van der Waals surface area (Å²) in [4.78, 5) is 31.2. The third-order valence-corrected chi connectivity index (χ3v) is 4.26. The molecule has 1 N–H and O–H groups in total. The maximum absolute atomic E-state index is 12.4. The molecule has 0 unspecified atom stereocenters. The lowest BCUT2D eigenvalue weighted by atomic mass is 10.1. The number of amides is 1. The molecule has 2 aromatic heterocycles. The van der Waals surface area contributed by atoms with Crippen molar-refractivity contribution in [2.75, 3.05) is 12.4 Å². The van der Waals surface area contributed by atoms with Gasteiger partial charge in [-0.05, 0) is 31.9 Å². The van der Waals surface area contributed by atoms with Gasteiger partial charge < -0.3 is 10.1 Å². The number of nitrogens with zero attached hydrogens (tertiary/aromatic N) is 5. The number of carbonyl (C=O) groups is 1. The summed E-state index contributed by atoms with van der Waals surface area (Å²) in [5.74, 6) is 0.581. The predicted octanol–water partition coefficient (Wildman–Crippen LogP) is 2.23. The SMILES string of the molecule is COc1ccc([N+](=O)[O-])cc1NC(=O)CCc1c(C)nc2ncnn2c1C. The largest absolute Gasteiger partial charge is 0.495 e. The van der Waals surface area contributed by atoms with E-state index in [4.69, 9.17) is 4.74 Å². The quantitative estimate of drug-likeness (QED) is 0.521. The van der Waals surface area contributed by atoms with Crippen LogP contribution < -0.4 is 10.1 Å². The van der Waals surface area contributed by atoms with Crippen LogP contribution in [0.2, 0.25) is 0 Å². The fourth-order valence-corrected chi connectivity index (χ4v) is 2.88. The zero-order valence-electron chi connectivity index (χ0n) is 15.1. The molecule has 1 aromatic carbocycles. The van der Waals surface area contributed by atoms with E-state index in [-0.39, 0.29) is 23.7 Å². The van der Waals surface area contributed by atoms with E-state index >= 15 is 0 Å². The van der Waals surface area contributed by atoms with Crippen molar-refractivity contribution < 1.29 is 14.5 Å². The van der Waals surface area contributed by atoms with Crippen molar-refractivity contribution in [2.45, 2.75) is 26.7 Å². The van der Waals surface area contributed by atoms with Crippen molar-refractivity contribution in [3.8, 4) is 5.75 Å². The number of aryl methyl sites for hydroxylation is 2. The predicted molar refractivity (Wildman–Crippen MR) is 96.9 cm³/mol. The van der Waals surface area contributed by atoms with Crippen LogP contribution in [0, 0.1) is 24.0 Å². The van der Waals surface area contributed by atoms with E-state index < -0.39 is 4.92 Å². The molecule has 3 rings (SSSR count). The van der Waals surface area contributed by atoms with Crippen molar-refractivity contribution in [1.82, 2.24) is 19.6 Å². The minimum absolute atomic E-state index is 0.126. The summed E-state index contributed by atoms with van der Waals surface area (Å²) in [6, 6.07) is 4.04. The number of benzene rings is 1. The van der Waals surface area contributed by atoms with E-state index in [0.717, 1.165) is 17.0 Å². The Kier molecular flexibility index (Phi) is 4.97. The van der Waals surface area contributed by atoms with Gasteiger partial charge in [0.2, 0.25) is 5.91 Å². The van der Waals surface area contributed by atoms with Crippen LogP contribution in [-0.4, -0.2) is 37.5 Å². The van der Waals surface area contributed by atoms with E-state index in [1.54, 1.807) is 4.52 Å². The fourth-order valence-electron chi connectivity index (χ4n) is 2.88. The molecule has 0 radical (unpaired) electrons. The van der Waals surface area contributed by atoms with Crippen molar-refractivity contribution in [2.24, 2.45) is 0 Å². The number of aromatic nitrogens is 4. The number of methoxy groups -OCH3 is 1. The van der Waals surface area contributed by atoms with Crippen LogP contribution in [-0.2, 0) is 11.2 Å². The molecule has 2 heterocycles. The first kappa shape index (κ1) is 18.2. The molecular weight excluding hydrogens is 352 g/mol. The number of hydrogen-bond acceptors (Lipinski definition) is 7. The van der Waals surface area contributed by atoms with Crippen LogP contribution >= 0.6 is 0 Å². The highest BCUT2D eigenvalue weighted by Gasteiger charge is 2.16. The molecule has 0 saturated heterocycles. The molecule has 0 bridgehead atoms. The molecule has 140 valence electrons. The van der Waals surface area contributed by atoms with Gasteiger partial charge in [-0.3, -0.25) is 14.9 Å². The second-order valence-electron chi connectivity index (χ2n) is 5.92. The second-order valence-corrected chi connectivity index (χ2v) is 5.92. The molecular formula is C17H18N6O4. The highest BCUT2D eigenvalue weighted by atomic mass is 16.6. The van der Waals surface area contributed by atoms with Gasteiger partial charge in [-0.1, -0.05) is 0 Å². The number of anilines is 1. The standard InChI is InChI=1S/C17H18N6O4/c1-10-13(11(2)22-17(20-10)18-9-19-22)5-7-16(24)21-14-8-12(23(25)26)4-6-15(14)27-3/h4,6,8-9H,5,7H2,1-3H3,(H,21,24). The van der Waals surface area contributed by atoms with Gasteiger partial charge in [0.25, 0.3) is 11.5 Å². The summed E-state index contributed by atoms with van der Waals surface area (Å²) in [6.07, 6.45) is 2.05. The lowest BCUT2D eigenvalue weighted by molar-refractivity contribution is -0.384. The van der Waals surface area contributed by atoms with E-state index in [1.807, 2.05) is 13.8 Å². The minimum Gasteiger partial charge on any atom is -0.495 e. The normalized spacial score (nSPS) is 10.8. The van der Waals surface area contributed by atoms with Crippen LogP contribution in [0.25, 0.3) is 5.78 Å². The molecule has 0 atom stereocenters. The number of hydrogen-bond donors (Lipinski definition) is 1. The van der Waals surface area contributed by atoms with Crippen molar-refractivity contribution >= 4 is 23.1 Å². The molecule has 10 nitrogen and oxygen atoms in total. The van der Waals surface area contributed by atoms with E-state index in [2.05, 4.69) is 20.4 Å². The number of nitro groups is 1. The third kappa shape index (κ3) is 3.68. The van der Waals surface area contributed by atoms with Gasteiger partial charge in [0.05, 0.1) is 17.7 Å². The molecule has 0 aliphatic rings. The molecule has 0 saturated carbocycles. The number of non-ortho nitro benzene ring substituents is 1. The Labute approximate surface area is 154 Å². The maximum atomic E-state index is 12.4. The first-order valence-corrected chi connectivity index (χ1v) is 8.18. The Morgan fingerprint density at radius 2 is 2.15 bits per heavy atom. The Morgan fingerprint density at radius 1 is 1.37 bits per heavy atom. The lowest BCUT2D eigenvalue weighted by Gasteiger charge is -2.12. The summed E-state index contributed by atoms with van der Waals surface area (Å²) in [5, 5.41) is 17.7. The average molecular weight is 370 g/mol. The fraction of sp³-hybridized carbons (Fsp3) is 0.294. The van der Waals surface area contributed by atoms with Crippen LogP contribution in [0.15, 0.2) is 24.5 Å². The summed E-state index contributed by atoms with van der Waals surface area (Å²) in [6.45, 7) is 3.76. The smallest absolute Gasteiger partial charge is 0.271 e. The van der Waals surface area contributed by atoms with Crippen molar-refractivity contribution in [3.63, 3.8) is 0 Å². The van der Waals surface area contributed by atoms with E-state index in [0.29, 0.717) is 17.9 Å².